The third-order valence-electron chi connectivity index (χ3n) is 2.78. The fourth-order valence-corrected chi connectivity index (χ4v) is 1.86. The number of anilines is 1. The van der Waals surface area contributed by atoms with E-state index in [0.717, 1.165) is 24.3 Å². The molecule has 0 radical (unpaired) electrons. The second-order valence-electron chi connectivity index (χ2n) is 4.36. The van der Waals surface area contributed by atoms with Gasteiger partial charge in [-0.1, -0.05) is 12.1 Å². The maximum absolute atomic E-state index is 11.7. The van der Waals surface area contributed by atoms with Gasteiger partial charge in [0.05, 0.1) is 13.2 Å². The highest BCUT2D eigenvalue weighted by Crippen LogP contribution is 2.09. The largest absolute Gasteiger partial charge is 0.380 e. The van der Waals surface area contributed by atoms with Crippen molar-refractivity contribution in [3.63, 3.8) is 0 Å². The van der Waals surface area contributed by atoms with Gasteiger partial charge in [-0.15, -0.1) is 0 Å². The lowest BCUT2D eigenvalue weighted by molar-refractivity contribution is -0.115. The molecule has 1 aromatic carbocycles. The molecule has 1 atom stereocenters. The minimum absolute atomic E-state index is 0.0116. The molecule has 0 bridgehead atoms. The molecule has 2 rings (SSSR count). The Morgan fingerprint density at radius 3 is 3.12 bits per heavy atom. The van der Waals surface area contributed by atoms with Gasteiger partial charge < -0.3 is 15.4 Å². The summed E-state index contributed by atoms with van der Waals surface area (Å²) in [4.78, 5) is 11.7. The number of hydrogen-bond donors (Lipinski definition) is 2. The van der Waals surface area contributed by atoms with Crippen LogP contribution in [0.5, 0.6) is 0 Å². The number of rotatable bonds is 4. The molecule has 1 aliphatic rings. The normalized spacial score (nSPS) is 19.2. The minimum atomic E-state index is -0.0116. The molecule has 1 fully saturated rings. The van der Waals surface area contributed by atoms with Gasteiger partial charge in [0.1, 0.15) is 0 Å². The molecule has 1 unspecified atom stereocenters. The van der Waals surface area contributed by atoms with E-state index < -0.39 is 0 Å². The quantitative estimate of drug-likeness (QED) is 0.826. The van der Waals surface area contributed by atoms with Gasteiger partial charge in [0.2, 0.25) is 5.91 Å². The Morgan fingerprint density at radius 2 is 2.41 bits per heavy atom. The molecule has 0 aliphatic carbocycles. The number of ether oxygens (including phenoxy) is 1. The average molecular weight is 234 g/mol. The van der Waals surface area contributed by atoms with Crippen molar-refractivity contribution in [2.45, 2.75) is 19.4 Å². The van der Waals surface area contributed by atoms with E-state index in [0.29, 0.717) is 19.2 Å². The first kappa shape index (κ1) is 12.1. The number of carbonyl (C=O) groups excluding carboxylic acids is 1. The van der Waals surface area contributed by atoms with Crippen LogP contribution in [0.1, 0.15) is 12.0 Å². The van der Waals surface area contributed by atoms with Crippen LogP contribution in [0.4, 0.5) is 5.69 Å². The van der Waals surface area contributed by atoms with E-state index in [4.69, 9.17) is 4.74 Å². The van der Waals surface area contributed by atoms with Crippen LogP contribution in [0.3, 0.4) is 0 Å². The fraction of sp³-hybridized carbons (Fsp3) is 0.462. The van der Waals surface area contributed by atoms with Crippen LogP contribution in [0.15, 0.2) is 24.3 Å². The Morgan fingerprint density at radius 1 is 1.53 bits per heavy atom. The second kappa shape index (κ2) is 5.80. The molecular weight excluding hydrogens is 216 g/mol. The Labute approximate surface area is 101 Å². The summed E-state index contributed by atoms with van der Waals surface area (Å²) < 4.78 is 5.23. The third kappa shape index (κ3) is 3.84. The summed E-state index contributed by atoms with van der Waals surface area (Å²) in [6.07, 6.45) is 0.984. The SMILES string of the molecule is Cc1cccc(NC(=O)CNC2CCOC2)c1. The van der Waals surface area contributed by atoms with Crippen molar-refractivity contribution in [2.75, 3.05) is 25.1 Å². The van der Waals surface area contributed by atoms with E-state index in [1.807, 2.05) is 31.2 Å². The van der Waals surface area contributed by atoms with Crippen molar-refractivity contribution in [2.24, 2.45) is 0 Å². The highest BCUT2D eigenvalue weighted by molar-refractivity contribution is 5.92. The first-order chi connectivity index (χ1) is 8.24. The number of benzene rings is 1. The lowest BCUT2D eigenvalue weighted by Gasteiger charge is -2.10. The molecular formula is C13H18N2O2. The summed E-state index contributed by atoms with van der Waals surface area (Å²) in [7, 11) is 0. The summed E-state index contributed by atoms with van der Waals surface area (Å²) in [5.74, 6) is -0.0116. The van der Waals surface area contributed by atoms with Crippen LogP contribution in [0.2, 0.25) is 0 Å². The van der Waals surface area contributed by atoms with Gasteiger partial charge in [0, 0.05) is 18.3 Å². The van der Waals surface area contributed by atoms with Gasteiger partial charge in [-0.3, -0.25) is 4.79 Å². The third-order valence-corrected chi connectivity index (χ3v) is 2.78. The summed E-state index contributed by atoms with van der Waals surface area (Å²) in [5.41, 5.74) is 1.99. The summed E-state index contributed by atoms with van der Waals surface area (Å²) >= 11 is 0. The van der Waals surface area contributed by atoms with Gasteiger partial charge in [-0.2, -0.15) is 0 Å². The Kier molecular flexibility index (Phi) is 4.12. The van der Waals surface area contributed by atoms with E-state index in [1.54, 1.807) is 0 Å². The molecule has 1 saturated heterocycles. The highest BCUT2D eigenvalue weighted by Gasteiger charge is 2.15. The molecule has 0 saturated carbocycles. The molecule has 4 heteroatoms. The van der Waals surface area contributed by atoms with Crippen LogP contribution in [-0.4, -0.2) is 31.7 Å². The lowest BCUT2D eigenvalue weighted by Crippen LogP contribution is -2.36. The zero-order valence-corrected chi connectivity index (χ0v) is 10.0. The average Bonchev–Trinajstić information content (AvgIpc) is 2.79. The van der Waals surface area contributed by atoms with Crippen molar-refractivity contribution >= 4 is 11.6 Å². The zero-order chi connectivity index (χ0) is 12.1. The van der Waals surface area contributed by atoms with Crippen molar-refractivity contribution in [1.29, 1.82) is 0 Å². The number of hydrogen-bond acceptors (Lipinski definition) is 3. The first-order valence-corrected chi connectivity index (χ1v) is 5.92. The maximum atomic E-state index is 11.7. The predicted molar refractivity (Wildman–Crippen MR) is 67.0 cm³/mol. The Balaban J connectivity index is 1.76. The molecule has 1 amide bonds. The smallest absolute Gasteiger partial charge is 0.238 e. The zero-order valence-electron chi connectivity index (χ0n) is 10.0. The maximum Gasteiger partial charge on any atom is 0.238 e. The topological polar surface area (TPSA) is 50.4 Å². The van der Waals surface area contributed by atoms with Gasteiger partial charge >= 0.3 is 0 Å². The van der Waals surface area contributed by atoms with Crippen molar-refractivity contribution in [3.05, 3.63) is 29.8 Å². The molecule has 0 aromatic heterocycles. The number of aryl methyl sites for hydroxylation is 1. The Bertz CT molecular complexity index is 387. The van der Waals surface area contributed by atoms with Crippen LogP contribution >= 0.6 is 0 Å². The van der Waals surface area contributed by atoms with E-state index in [2.05, 4.69) is 10.6 Å². The summed E-state index contributed by atoms with van der Waals surface area (Å²) in [5, 5.41) is 6.04. The molecule has 1 heterocycles. The fourth-order valence-electron chi connectivity index (χ4n) is 1.86. The predicted octanol–water partition coefficient (Wildman–Crippen LogP) is 1.31. The molecule has 4 nitrogen and oxygen atoms in total. The van der Waals surface area contributed by atoms with Gasteiger partial charge in [-0.25, -0.2) is 0 Å². The van der Waals surface area contributed by atoms with Crippen LogP contribution < -0.4 is 10.6 Å². The standard InChI is InChI=1S/C13H18N2O2/c1-10-3-2-4-11(7-10)15-13(16)8-14-12-5-6-17-9-12/h2-4,7,12,14H,5-6,8-9H2,1H3,(H,15,16). The second-order valence-corrected chi connectivity index (χ2v) is 4.36. The molecule has 92 valence electrons. The Hall–Kier alpha value is -1.39. The monoisotopic (exact) mass is 234 g/mol. The van der Waals surface area contributed by atoms with Crippen molar-refractivity contribution < 1.29 is 9.53 Å². The van der Waals surface area contributed by atoms with Crippen LogP contribution in [0, 0.1) is 6.92 Å². The van der Waals surface area contributed by atoms with Crippen LogP contribution in [-0.2, 0) is 9.53 Å². The molecule has 0 spiro atoms. The number of nitrogens with one attached hydrogen (secondary N) is 2. The molecule has 1 aliphatic heterocycles. The summed E-state index contributed by atoms with van der Waals surface area (Å²) in [6.45, 7) is 3.83. The number of carbonyl (C=O) groups is 1. The molecule has 2 N–H and O–H groups in total. The van der Waals surface area contributed by atoms with Crippen molar-refractivity contribution in [3.8, 4) is 0 Å². The van der Waals surface area contributed by atoms with E-state index in [9.17, 15) is 4.79 Å². The summed E-state index contributed by atoms with van der Waals surface area (Å²) in [6, 6.07) is 8.10. The number of amides is 1. The van der Waals surface area contributed by atoms with E-state index in [-0.39, 0.29) is 5.91 Å². The van der Waals surface area contributed by atoms with Gasteiger partial charge in [0.15, 0.2) is 0 Å². The first-order valence-electron chi connectivity index (χ1n) is 5.92. The van der Waals surface area contributed by atoms with Crippen molar-refractivity contribution in [1.82, 2.24) is 5.32 Å². The minimum Gasteiger partial charge on any atom is -0.380 e. The highest BCUT2D eigenvalue weighted by atomic mass is 16.5. The molecule has 1 aromatic rings. The van der Waals surface area contributed by atoms with E-state index >= 15 is 0 Å². The van der Waals surface area contributed by atoms with Crippen LogP contribution in [0.25, 0.3) is 0 Å². The lowest BCUT2D eigenvalue weighted by atomic mass is 10.2. The van der Waals surface area contributed by atoms with Gasteiger partial charge in [0.25, 0.3) is 0 Å². The van der Waals surface area contributed by atoms with E-state index in [1.165, 1.54) is 0 Å². The van der Waals surface area contributed by atoms with Gasteiger partial charge in [-0.05, 0) is 31.0 Å². The molecule has 17 heavy (non-hydrogen) atoms.